The second-order valence-corrected chi connectivity index (χ2v) is 5.57. The number of hydrogen-bond donors (Lipinski definition) is 2. The Hall–Kier alpha value is -2.00. The predicted molar refractivity (Wildman–Crippen MR) is 87.7 cm³/mol. The highest BCUT2D eigenvalue weighted by atomic mass is 35.5. The number of benzene rings is 2. The number of aryl methyl sites for hydroxylation is 2. The van der Waals surface area contributed by atoms with Crippen LogP contribution in [0, 0.1) is 13.8 Å². The Morgan fingerprint density at radius 1 is 1.05 bits per heavy atom. The first-order valence-electron chi connectivity index (χ1n) is 6.86. The quantitative estimate of drug-likeness (QED) is 0.884. The van der Waals surface area contributed by atoms with Gasteiger partial charge in [-0.25, -0.2) is 0 Å². The van der Waals surface area contributed by atoms with Crippen LogP contribution in [0.1, 0.15) is 16.7 Å². The van der Waals surface area contributed by atoms with E-state index >= 15 is 0 Å². The van der Waals surface area contributed by atoms with Crippen LogP contribution in [0.5, 0.6) is 0 Å². The standard InChI is InChI=1S/C17H19ClN2O/c1-12-7-13(2)9-16(8-12)19-11-17(21)20-10-14-3-5-15(18)6-4-14/h3-9,19H,10-11H2,1-2H3,(H,20,21). The number of hydrogen-bond acceptors (Lipinski definition) is 2. The van der Waals surface area contributed by atoms with Crippen molar-refractivity contribution in [2.45, 2.75) is 20.4 Å². The van der Waals surface area contributed by atoms with Gasteiger partial charge in [-0.1, -0.05) is 29.8 Å². The van der Waals surface area contributed by atoms with Gasteiger partial charge in [0.2, 0.25) is 5.91 Å². The summed E-state index contributed by atoms with van der Waals surface area (Å²) in [6.07, 6.45) is 0. The lowest BCUT2D eigenvalue weighted by molar-refractivity contribution is -0.119. The Kier molecular flexibility index (Phi) is 5.23. The Balaban J connectivity index is 1.80. The van der Waals surface area contributed by atoms with E-state index in [4.69, 9.17) is 11.6 Å². The van der Waals surface area contributed by atoms with E-state index in [0.29, 0.717) is 11.6 Å². The average molecular weight is 303 g/mol. The topological polar surface area (TPSA) is 41.1 Å². The van der Waals surface area contributed by atoms with Gasteiger partial charge in [-0.2, -0.15) is 0 Å². The second-order valence-electron chi connectivity index (χ2n) is 5.13. The average Bonchev–Trinajstić information content (AvgIpc) is 2.43. The summed E-state index contributed by atoms with van der Waals surface area (Å²) < 4.78 is 0. The van der Waals surface area contributed by atoms with E-state index in [-0.39, 0.29) is 12.5 Å². The van der Waals surface area contributed by atoms with Crippen LogP contribution in [-0.4, -0.2) is 12.5 Å². The summed E-state index contributed by atoms with van der Waals surface area (Å²) >= 11 is 5.82. The van der Waals surface area contributed by atoms with E-state index < -0.39 is 0 Å². The molecule has 0 radical (unpaired) electrons. The molecule has 0 atom stereocenters. The zero-order valence-corrected chi connectivity index (χ0v) is 13.0. The minimum atomic E-state index is -0.0379. The molecule has 0 bridgehead atoms. The normalized spacial score (nSPS) is 10.2. The van der Waals surface area contributed by atoms with Crippen molar-refractivity contribution in [1.29, 1.82) is 0 Å². The van der Waals surface area contributed by atoms with Gasteiger partial charge in [-0.05, 0) is 54.8 Å². The summed E-state index contributed by atoms with van der Waals surface area (Å²) in [4.78, 5) is 11.8. The molecule has 3 nitrogen and oxygen atoms in total. The molecular formula is C17H19ClN2O. The molecule has 0 unspecified atom stereocenters. The smallest absolute Gasteiger partial charge is 0.239 e. The van der Waals surface area contributed by atoms with Crippen LogP contribution in [-0.2, 0) is 11.3 Å². The molecule has 0 aliphatic rings. The maximum absolute atomic E-state index is 11.8. The largest absolute Gasteiger partial charge is 0.376 e. The van der Waals surface area contributed by atoms with E-state index in [9.17, 15) is 4.79 Å². The van der Waals surface area contributed by atoms with Crippen LogP contribution in [0.15, 0.2) is 42.5 Å². The van der Waals surface area contributed by atoms with Gasteiger partial charge in [-0.15, -0.1) is 0 Å². The fourth-order valence-corrected chi connectivity index (χ4v) is 2.25. The minimum Gasteiger partial charge on any atom is -0.376 e. The van der Waals surface area contributed by atoms with E-state index in [2.05, 4.69) is 16.7 Å². The molecule has 1 amide bonds. The molecule has 4 heteroatoms. The van der Waals surface area contributed by atoms with Crippen LogP contribution < -0.4 is 10.6 Å². The van der Waals surface area contributed by atoms with Gasteiger partial charge in [0, 0.05) is 17.3 Å². The van der Waals surface area contributed by atoms with Crippen molar-refractivity contribution >= 4 is 23.2 Å². The predicted octanol–water partition coefficient (Wildman–Crippen LogP) is 3.69. The van der Waals surface area contributed by atoms with Crippen LogP contribution >= 0.6 is 11.6 Å². The molecule has 0 fully saturated rings. The third-order valence-electron chi connectivity index (χ3n) is 3.08. The Labute approximate surface area is 130 Å². The third kappa shape index (κ3) is 5.12. The lowest BCUT2D eigenvalue weighted by atomic mass is 10.1. The van der Waals surface area contributed by atoms with Gasteiger partial charge in [-0.3, -0.25) is 4.79 Å². The summed E-state index contributed by atoms with van der Waals surface area (Å²) in [5, 5.41) is 6.71. The second kappa shape index (κ2) is 7.14. The molecule has 2 aromatic rings. The molecule has 0 saturated carbocycles. The highest BCUT2D eigenvalue weighted by Crippen LogP contribution is 2.13. The van der Waals surface area contributed by atoms with Crippen molar-refractivity contribution in [2.24, 2.45) is 0 Å². The van der Waals surface area contributed by atoms with Gasteiger partial charge in [0.25, 0.3) is 0 Å². The number of carbonyl (C=O) groups excluding carboxylic acids is 1. The lowest BCUT2D eigenvalue weighted by Crippen LogP contribution is -2.29. The number of carbonyl (C=O) groups is 1. The molecule has 0 aliphatic carbocycles. The fraction of sp³-hybridized carbons (Fsp3) is 0.235. The van der Waals surface area contributed by atoms with Crippen molar-refractivity contribution in [2.75, 3.05) is 11.9 Å². The third-order valence-corrected chi connectivity index (χ3v) is 3.33. The van der Waals surface area contributed by atoms with Crippen molar-refractivity contribution in [3.05, 3.63) is 64.2 Å². The zero-order valence-electron chi connectivity index (χ0n) is 12.2. The number of halogens is 1. The van der Waals surface area contributed by atoms with Crippen molar-refractivity contribution in [3.63, 3.8) is 0 Å². The molecule has 0 spiro atoms. The fourth-order valence-electron chi connectivity index (χ4n) is 2.12. The van der Waals surface area contributed by atoms with Crippen LogP contribution in [0.25, 0.3) is 0 Å². The van der Waals surface area contributed by atoms with Crippen molar-refractivity contribution < 1.29 is 4.79 Å². The lowest BCUT2D eigenvalue weighted by Gasteiger charge is -2.09. The molecule has 2 rings (SSSR count). The van der Waals surface area contributed by atoms with Gasteiger partial charge in [0.05, 0.1) is 6.54 Å². The maximum Gasteiger partial charge on any atom is 0.239 e. The number of amides is 1. The summed E-state index contributed by atoms with van der Waals surface area (Å²) in [6.45, 7) is 4.85. The highest BCUT2D eigenvalue weighted by Gasteiger charge is 2.02. The summed E-state index contributed by atoms with van der Waals surface area (Å²) in [5.41, 5.74) is 4.35. The van der Waals surface area contributed by atoms with Gasteiger partial charge in [0.1, 0.15) is 0 Å². The molecule has 2 aromatic carbocycles. The molecule has 0 saturated heterocycles. The van der Waals surface area contributed by atoms with Crippen LogP contribution in [0.3, 0.4) is 0 Å². The molecule has 2 N–H and O–H groups in total. The minimum absolute atomic E-state index is 0.0379. The molecule has 0 aromatic heterocycles. The molecule has 110 valence electrons. The number of anilines is 1. The van der Waals surface area contributed by atoms with Crippen LogP contribution in [0.4, 0.5) is 5.69 Å². The molecular weight excluding hydrogens is 284 g/mol. The summed E-state index contributed by atoms with van der Waals surface area (Å²) in [6, 6.07) is 13.6. The van der Waals surface area contributed by atoms with Crippen molar-refractivity contribution in [1.82, 2.24) is 5.32 Å². The Bertz CT molecular complexity index is 603. The highest BCUT2D eigenvalue weighted by molar-refractivity contribution is 6.30. The van der Waals surface area contributed by atoms with E-state index in [1.807, 2.05) is 50.2 Å². The molecule has 0 heterocycles. The first kappa shape index (κ1) is 15.4. The van der Waals surface area contributed by atoms with Gasteiger partial charge in [0.15, 0.2) is 0 Å². The summed E-state index contributed by atoms with van der Waals surface area (Å²) in [5.74, 6) is -0.0379. The number of nitrogens with one attached hydrogen (secondary N) is 2. The first-order chi connectivity index (χ1) is 10.0. The van der Waals surface area contributed by atoms with Crippen molar-refractivity contribution in [3.8, 4) is 0 Å². The van der Waals surface area contributed by atoms with Gasteiger partial charge >= 0.3 is 0 Å². The van der Waals surface area contributed by atoms with Gasteiger partial charge < -0.3 is 10.6 Å². The maximum atomic E-state index is 11.8. The van der Waals surface area contributed by atoms with Crippen LogP contribution in [0.2, 0.25) is 5.02 Å². The summed E-state index contributed by atoms with van der Waals surface area (Å²) in [7, 11) is 0. The monoisotopic (exact) mass is 302 g/mol. The molecule has 21 heavy (non-hydrogen) atoms. The Morgan fingerprint density at radius 2 is 1.67 bits per heavy atom. The van der Waals surface area contributed by atoms with E-state index in [1.54, 1.807) is 0 Å². The first-order valence-corrected chi connectivity index (χ1v) is 7.24. The Morgan fingerprint density at radius 3 is 2.29 bits per heavy atom. The SMILES string of the molecule is Cc1cc(C)cc(NCC(=O)NCc2ccc(Cl)cc2)c1. The van der Waals surface area contributed by atoms with E-state index in [1.165, 1.54) is 11.1 Å². The molecule has 0 aliphatic heterocycles. The zero-order chi connectivity index (χ0) is 15.2. The van der Waals surface area contributed by atoms with E-state index in [0.717, 1.165) is 11.3 Å². The number of rotatable bonds is 5.